The van der Waals surface area contributed by atoms with Gasteiger partial charge in [-0.25, -0.2) is 4.39 Å². The molecule has 0 fully saturated rings. The SMILES string of the molecule is C=C(NCCN)NCc1cccc(C(F)(F)F)c1F. The molecule has 1 aromatic rings. The summed E-state index contributed by atoms with van der Waals surface area (Å²) in [5, 5.41) is 5.48. The number of nitrogens with two attached hydrogens (primary N) is 1. The van der Waals surface area contributed by atoms with Gasteiger partial charge in [-0.05, 0) is 6.07 Å². The molecule has 0 heterocycles. The maximum atomic E-state index is 13.6. The molecule has 0 saturated carbocycles. The highest BCUT2D eigenvalue weighted by Crippen LogP contribution is 2.32. The molecule has 1 aromatic carbocycles. The second-order valence-corrected chi connectivity index (χ2v) is 3.82. The zero-order valence-corrected chi connectivity index (χ0v) is 10.1. The Hall–Kier alpha value is -1.76. The van der Waals surface area contributed by atoms with Crippen LogP contribution in [-0.2, 0) is 12.7 Å². The van der Waals surface area contributed by atoms with E-state index in [1.807, 2.05) is 0 Å². The van der Waals surface area contributed by atoms with Gasteiger partial charge in [0.2, 0.25) is 0 Å². The molecule has 0 aliphatic heterocycles. The van der Waals surface area contributed by atoms with Crippen molar-refractivity contribution in [3.8, 4) is 0 Å². The Morgan fingerprint density at radius 3 is 2.53 bits per heavy atom. The van der Waals surface area contributed by atoms with E-state index in [4.69, 9.17) is 5.73 Å². The fraction of sp³-hybridized carbons (Fsp3) is 0.333. The Kier molecular flexibility index (Phi) is 5.17. The van der Waals surface area contributed by atoms with Gasteiger partial charge in [-0.1, -0.05) is 18.7 Å². The highest BCUT2D eigenvalue weighted by Gasteiger charge is 2.34. The Morgan fingerprint density at radius 2 is 1.95 bits per heavy atom. The van der Waals surface area contributed by atoms with Gasteiger partial charge in [-0.2, -0.15) is 13.2 Å². The minimum Gasteiger partial charge on any atom is -0.371 e. The van der Waals surface area contributed by atoms with Gasteiger partial charge in [0.25, 0.3) is 0 Å². The minimum atomic E-state index is -4.70. The van der Waals surface area contributed by atoms with Crippen LogP contribution in [0, 0.1) is 5.82 Å². The van der Waals surface area contributed by atoms with Gasteiger partial charge in [0.05, 0.1) is 11.4 Å². The number of hydrogen-bond acceptors (Lipinski definition) is 3. The Morgan fingerprint density at radius 1 is 1.26 bits per heavy atom. The first kappa shape index (κ1) is 15.3. The molecule has 0 bridgehead atoms. The smallest absolute Gasteiger partial charge is 0.371 e. The molecular weight excluding hydrogens is 262 g/mol. The van der Waals surface area contributed by atoms with Crippen molar-refractivity contribution in [3.63, 3.8) is 0 Å². The quantitative estimate of drug-likeness (QED) is 0.697. The molecule has 106 valence electrons. The molecule has 0 saturated heterocycles. The topological polar surface area (TPSA) is 50.1 Å². The predicted octanol–water partition coefficient (Wildman–Crippen LogP) is 1.95. The molecule has 1 rings (SSSR count). The lowest BCUT2D eigenvalue weighted by molar-refractivity contribution is -0.140. The molecule has 0 aliphatic rings. The molecule has 19 heavy (non-hydrogen) atoms. The fourth-order valence-electron chi connectivity index (χ4n) is 1.42. The summed E-state index contributed by atoms with van der Waals surface area (Å²) < 4.78 is 51.1. The van der Waals surface area contributed by atoms with Gasteiger partial charge in [0, 0.05) is 25.2 Å². The lowest BCUT2D eigenvalue weighted by Gasteiger charge is -2.14. The van der Waals surface area contributed by atoms with E-state index in [0.717, 1.165) is 0 Å². The van der Waals surface area contributed by atoms with Gasteiger partial charge >= 0.3 is 6.18 Å². The van der Waals surface area contributed by atoms with Crippen molar-refractivity contribution in [2.45, 2.75) is 12.7 Å². The van der Waals surface area contributed by atoms with Crippen molar-refractivity contribution >= 4 is 0 Å². The second kappa shape index (κ2) is 6.42. The van der Waals surface area contributed by atoms with E-state index in [1.165, 1.54) is 12.1 Å². The van der Waals surface area contributed by atoms with Crippen LogP contribution in [0.3, 0.4) is 0 Å². The summed E-state index contributed by atoms with van der Waals surface area (Å²) in [5.74, 6) is -0.892. The van der Waals surface area contributed by atoms with Gasteiger partial charge in [0.1, 0.15) is 5.82 Å². The predicted molar refractivity (Wildman–Crippen MR) is 64.4 cm³/mol. The summed E-state index contributed by atoms with van der Waals surface area (Å²) >= 11 is 0. The summed E-state index contributed by atoms with van der Waals surface area (Å²) in [6.45, 7) is 4.35. The van der Waals surface area contributed by atoms with Crippen molar-refractivity contribution in [1.82, 2.24) is 10.6 Å². The maximum Gasteiger partial charge on any atom is 0.419 e. The average molecular weight is 277 g/mol. The summed E-state index contributed by atoms with van der Waals surface area (Å²) in [6.07, 6.45) is -4.70. The lowest BCUT2D eigenvalue weighted by atomic mass is 10.1. The van der Waals surface area contributed by atoms with Crippen LogP contribution in [0.2, 0.25) is 0 Å². The summed E-state index contributed by atoms with van der Waals surface area (Å²) in [5.41, 5.74) is 3.91. The van der Waals surface area contributed by atoms with Crippen molar-refractivity contribution in [3.05, 3.63) is 47.5 Å². The van der Waals surface area contributed by atoms with E-state index in [0.29, 0.717) is 25.0 Å². The Bertz CT molecular complexity index is 443. The molecule has 0 aliphatic carbocycles. The standard InChI is InChI=1S/C12H15F4N3/c1-8(18-6-5-17)19-7-9-3-2-4-10(11(9)13)12(14,15)16/h2-4,18-19H,1,5-7,17H2. The summed E-state index contributed by atoms with van der Waals surface area (Å²) in [4.78, 5) is 0. The summed E-state index contributed by atoms with van der Waals surface area (Å²) in [7, 11) is 0. The van der Waals surface area contributed by atoms with E-state index < -0.39 is 17.6 Å². The number of benzene rings is 1. The van der Waals surface area contributed by atoms with Crippen molar-refractivity contribution in [2.24, 2.45) is 5.73 Å². The molecule has 0 aromatic heterocycles. The monoisotopic (exact) mass is 277 g/mol. The van der Waals surface area contributed by atoms with Gasteiger partial charge < -0.3 is 16.4 Å². The molecule has 0 spiro atoms. The molecule has 0 unspecified atom stereocenters. The fourth-order valence-corrected chi connectivity index (χ4v) is 1.42. The first-order valence-corrected chi connectivity index (χ1v) is 5.57. The van der Waals surface area contributed by atoms with Crippen LogP contribution < -0.4 is 16.4 Å². The molecular formula is C12H15F4N3. The zero-order chi connectivity index (χ0) is 14.5. The van der Waals surface area contributed by atoms with Crippen LogP contribution in [0.5, 0.6) is 0 Å². The molecule has 4 N–H and O–H groups in total. The van der Waals surface area contributed by atoms with Crippen LogP contribution in [0.15, 0.2) is 30.6 Å². The first-order chi connectivity index (χ1) is 8.86. The molecule has 0 amide bonds. The molecule has 3 nitrogen and oxygen atoms in total. The van der Waals surface area contributed by atoms with Gasteiger partial charge in [-0.3, -0.25) is 0 Å². The Labute approximate surface area is 108 Å². The molecule has 0 atom stereocenters. The van der Waals surface area contributed by atoms with Crippen molar-refractivity contribution in [2.75, 3.05) is 13.1 Å². The van der Waals surface area contributed by atoms with Crippen LogP contribution in [-0.4, -0.2) is 13.1 Å². The number of nitrogens with one attached hydrogen (secondary N) is 2. The summed E-state index contributed by atoms with van der Waals surface area (Å²) in [6, 6.07) is 3.16. The highest BCUT2D eigenvalue weighted by atomic mass is 19.4. The number of alkyl halides is 3. The minimum absolute atomic E-state index is 0.0782. The molecule has 0 radical (unpaired) electrons. The lowest BCUT2D eigenvalue weighted by Crippen LogP contribution is -2.29. The van der Waals surface area contributed by atoms with Gasteiger partial charge in [0.15, 0.2) is 0 Å². The normalized spacial score (nSPS) is 11.2. The third-order valence-electron chi connectivity index (χ3n) is 2.36. The van der Waals surface area contributed by atoms with Gasteiger partial charge in [-0.15, -0.1) is 0 Å². The van der Waals surface area contributed by atoms with E-state index >= 15 is 0 Å². The van der Waals surface area contributed by atoms with Crippen LogP contribution in [0.1, 0.15) is 11.1 Å². The van der Waals surface area contributed by atoms with E-state index in [-0.39, 0.29) is 12.1 Å². The number of halogens is 4. The van der Waals surface area contributed by atoms with Crippen LogP contribution >= 0.6 is 0 Å². The molecule has 7 heteroatoms. The van der Waals surface area contributed by atoms with E-state index in [9.17, 15) is 17.6 Å². The van der Waals surface area contributed by atoms with E-state index in [1.54, 1.807) is 0 Å². The highest BCUT2D eigenvalue weighted by molar-refractivity contribution is 5.28. The third kappa shape index (κ3) is 4.44. The maximum absolute atomic E-state index is 13.6. The first-order valence-electron chi connectivity index (χ1n) is 5.57. The number of hydrogen-bond donors (Lipinski definition) is 3. The number of rotatable bonds is 6. The average Bonchev–Trinajstić information content (AvgIpc) is 2.33. The zero-order valence-electron chi connectivity index (χ0n) is 10.1. The van der Waals surface area contributed by atoms with Crippen LogP contribution in [0.25, 0.3) is 0 Å². The third-order valence-corrected chi connectivity index (χ3v) is 2.36. The second-order valence-electron chi connectivity index (χ2n) is 3.82. The Balaban J connectivity index is 2.72. The van der Waals surface area contributed by atoms with Crippen molar-refractivity contribution in [1.29, 1.82) is 0 Å². The largest absolute Gasteiger partial charge is 0.419 e. The van der Waals surface area contributed by atoms with Crippen molar-refractivity contribution < 1.29 is 17.6 Å². The van der Waals surface area contributed by atoms with E-state index in [2.05, 4.69) is 17.2 Å². The van der Waals surface area contributed by atoms with Crippen LogP contribution in [0.4, 0.5) is 17.6 Å².